The molecular weight excluding hydrogens is 268 g/mol. The SMILES string of the molecule is COC(=O)c1cc(OC(C)C)c(OC(C)C)cc1Cl. The van der Waals surface area contributed by atoms with Crippen LogP contribution >= 0.6 is 11.6 Å². The van der Waals surface area contributed by atoms with Crippen LogP contribution in [0.25, 0.3) is 0 Å². The first-order valence-corrected chi connectivity index (χ1v) is 6.48. The summed E-state index contributed by atoms with van der Waals surface area (Å²) >= 11 is 6.06. The minimum atomic E-state index is -0.505. The van der Waals surface area contributed by atoms with Crippen LogP contribution in [0.3, 0.4) is 0 Å². The molecule has 0 atom stereocenters. The molecule has 1 aromatic carbocycles. The summed E-state index contributed by atoms with van der Waals surface area (Å²) in [4.78, 5) is 11.6. The van der Waals surface area contributed by atoms with Gasteiger partial charge < -0.3 is 14.2 Å². The molecule has 0 amide bonds. The summed E-state index contributed by atoms with van der Waals surface area (Å²) in [6, 6.07) is 3.12. The van der Waals surface area contributed by atoms with Gasteiger partial charge in [0.25, 0.3) is 0 Å². The van der Waals surface area contributed by atoms with Gasteiger partial charge in [0, 0.05) is 12.1 Å². The Morgan fingerprint density at radius 1 is 1.05 bits per heavy atom. The lowest BCUT2D eigenvalue weighted by atomic mass is 10.2. The highest BCUT2D eigenvalue weighted by Gasteiger charge is 2.18. The van der Waals surface area contributed by atoms with Crippen LogP contribution in [0.5, 0.6) is 11.5 Å². The second kappa shape index (κ2) is 6.66. The zero-order valence-electron chi connectivity index (χ0n) is 11.8. The molecule has 0 unspecified atom stereocenters. The van der Waals surface area contributed by atoms with Crippen LogP contribution in [0.1, 0.15) is 38.1 Å². The van der Waals surface area contributed by atoms with Crippen molar-refractivity contribution in [2.75, 3.05) is 7.11 Å². The van der Waals surface area contributed by atoms with Crippen molar-refractivity contribution in [1.82, 2.24) is 0 Å². The Kier molecular flexibility index (Phi) is 5.48. The van der Waals surface area contributed by atoms with Crippen molar-refractivity contribution in [3.63, 3.8) is 0 Å². The fourth-order valence-electron chi connectivity index (χ4n) is 1.49. The average molecular weight is 287 g/mol. The minimum absolute atomic E-state index is 0.0189. The monoisotopic (exact) mass is 286 g/mol. The molecule has 0 radical (unpaired) electrons. The number of carbonyl (C=O) groups excluding carboxylic acids is 1. The molecule has 0 aromatic heterocycles. The maximum absolute atomic E-state index is 11.6. The summed E-state index contributed by atoms with van der Waals surface area (Å²) in [5, 5.41) is 0.276. The van der Waals surface area contributed by atoms with E-state index in [1.54, 1.807) is 12.1 Å². The second-order valence-corrected chi connectivity index (χ2v) is 5.01. The molecule has 0 fully saturated rings. The zero-order valence-corrected chi connectivity index (χ0v) is 12.6. The molecule has 0 aliphatic carbocycles. The second-order valence-electron chi connectivity index (χ2n) is 4.60. The van der Waals surface area contributed by atoms with Gasteiger partial charge in [0.1, 0.15) is 0 Å². The van der Waals surface area contributed by atoms with E-state index >= 15 is 0 Å². The van der Waals surface area contributed by atoms with Crippen LogP contribution < -0.4 is 9.47 Å². The topological polar surface area (TPSA) is 44.8 Å². The quantitative estimate of drug-likeness (QED) is 0.774. The van der Waals surface area contributed by atoms with E-state index in [2.05, 4.69) is 4.74 Å². The van der Waals surface area contributed by atoms with E-state index in [9.17, 15) is 4.79 Å². The molecule has 0 bridgehead atoms. The Labute approximate surface area is 118 Å². The molecule has 0 aliphatic rings. The van der Waals surface area contributed by atoms with Gasteiger partial charge in [-0.05, 0) is 27.7 Å². The molecule has 0 aliphatic heterocycles. The Morgan fingerprint density at radius 2 is 1.53 bits per heavy atom. The largest absolute Gasteiger partial charge is 0.487 e. The highest BCUT2D eigenvalue weighted by atomic mass is 35.5. The number of halogens is 1. The van der Waals surface area contributed by atoms with Crippen molar-refractivity contribution >= 4 is 17.6 Å². The van der Waals surface area contributed by atoms with E-state index in [4.69, 9.17) is 21.1 Å². The van der Waals surface area contributed by atoms with Gasteiger partial charge in [0.05, 0.1) is 29.9 Å². The third-order valence-electron chi connectivity index (χ3n) is 2.16. The van der Waals surface area contributed by atoms with Crippen LogP contribution in [0.4, 0.5) is 0 Å². The predicted molar refractivity (Wildman–Crippen MR) is 74.3 cm³/mol. The third-order valence-corrected chi connectivity index (χ3v) is 2.48. The predicted octanol–water partition coefficient (Wildman–Crippen LogP) is 3.70. The molecule has 0 spiro atoms. The number of hydrogen-bond acceptors (Lipinski definition) is 4. The number of hydrogen-bond donors (Lipinski definition) is 0. The first-order valence-electron chi connectivity index (χ1n) is 6.10. The zero-order chi connectivity index (χ0) is 14.6. The van der Waals surface area contributed by atoms with Crippen LogP contribution in [-0.2, 0) is 4.74 Å². The van der Waals surface area contributed by atoms with E-state index < -0.39 is 5.97 Å². The van der Waals surface area contributed by atoms with Gasteiger partial charge in [0.2, 0.25) is 0 Å². The molecular formula is C14H19ClO4. The van der Waals surface area contributed by atoms with Crippen LogP contribution in [-0.4, -0.2) is 25.3 Å². The fourth-order valence-corrected chi connectivity index (χ4v) is 1.72. The summed E-state index contributed by atoms with van der Waals surface area (Å²) in [5.74, 6) is 0.490. The smallest absolute Gasteiger partial charge is 0.339 e. The standard InChI is InChI=1S/C14H19ClO4/c1-8(2)18-12-6-10(14(16)17-5)11(15)7-13(12)19-9(3)4/h6-9H,1-5H3. The van der Waals surface area contributed by atoms with Gasteiger partial charge in [-0.15, -0.1) is 0 Å². The Morgan fingerprint density at radius 3 is 1.95 bits per heavy atom. The lowest BCUT2D eigenvalue weighted by molar-refractivity contribution is 0.0600. The summed E-state index contributed by atoms with van der Waals surface area (Å²) in [6.07, 6.45) is -0.0595. The molecule has 0 saturated carbocycles. The lowest BCUT2D eigenvalue weighted by Gasteiger charge is -2.18. The number of rotatable bonds is 5. The van der Waals surface area contributed by atoms with Crippen LogP contribution in [0, 0.1) is 0 Å². The maximum Gasteiger partial charge on any atom is 0.339 e. The molecule has 4 nitrogen and oxygen atoms in total. The van der Waals surface area contributed by atoms with Gasteiger partial charge in [0.15, 0.2) is 11.5 Å². The fraction of sp³-hybridized carbons (Fsp3) is 0.500. The molecule has 0 heterocycles. The molecule has 1 aromatic rings. The molecule has 106 valence electrons. The van der Waals surface area contributed by atoms with Crippen molar-refractivity contribution < 1.29 is 19.0 Å². The van der Waals surface area contributed by atoms with Gasteiger partial charge in [-0.1, -0.05) is 11.6 Å². The van der Waals surface area contributed by atoms with E-state index in [-0.39, 0.29) is 22.8 Å². The van der Waals surface area contributed by atoms with E-state index in [0.29, 0.717) is 11.5 Å². The summed E-state index contributed by atoms with van der Waals surface area (Å²) < 4.78 is 16.0. The summed E-state index contributed by atoms with van der Waals surface area (Å²) in [5.41, 5.74) is 0.260. The van der Waals surface area contributed by atoms with Gasteiger partial charge >= 0.3 is 5.97 Å². The molecule has 19 heavy (non-hydrogen) atoms. The van der Waals surface area contributed by atoms with Crippen molar-refractivity contribution in [1.29, 1.82) is 0 Å². The van der Waals surface area contributed by atoms with Crippen molar-refractivity contribution in [3.05, 3.63) is 22.7 Å². The Bertz CT molecular complexity index is 455. The van der Waals surface area contributed by atoms with Crippen LogP contribution in [0.15, 0.2) is 12.1 Å². The Hall–Kier alpha value is -1.42. The van der Waals surface area contributed by atoms with Gasteiger partial charge in [-0.25, -0.2) is 4.79 Å². The van der Waals surface area contributed by atoms with Crippen LogP contribution in [0.2, 0.25) is 5.02 Å². The summed E-state index contributed by atoms with van der Waals surface area (Å²) in [7, 11) is 1.31. The normalized spacial score (nSPS) is 10.7. The highest BCUT2D eigenvalue weighted by molar-refractivity contribution is 6.33. The molecule has 1 rings (SSSR count). The highest BCUT2D eigenvalue weighted by Crippen LogP contribution is 2.35. The lowest BCUT2D eigenvalue weighted by Crippen LogP contribution is -2.12. The number of carbonyl (C=O) groups is 1. The van der Waals surface area contributed by atoms with E-state index in [1.807, 2.05) is 27.7 Å². The van der Waals surface area contributed by atoms with E-state index in [1.165, 1.54) is 7.11 Å². The molecule has 0 saturated heterocycles. The van der Waals surface area contributed by atoms with Gasteiger partial charge in [-0.2, -0.15) is 0 Å². The minimum Gasteiger partial charge on any atom is -0.487 e. The maximum atomic E-state index is 11.6. The average Bonchev–Trinajstić information content (AvgIpc) is 2.30. The van der Waals surface area contributed by atoms with Crippen molar-refractivity contribution in [2.24, 2.45) is 0 Å². The Balaban J connectivity index is 3.23. The van der Waals surface area contributed by atoms with Crippen molar-refractivity contribution in [3.8, 4) is 11.5 Å². The number of benzene rings is 1. The molecule has 5 heteroatoms. The number of methoxy groups -OCH3 is 1. The van der Waals surface area contributed by atoms with E-state index in [0.717, 1.165) is 0 Å². The van der Waals surface area contributed by atoms with Crippen molar-refractivity contribution in [2.45, 2.75) is 39.9 Å². The first kappa shape index (κ1) is 15.6. The summed E-state index contributed by atoms with van der Waals surface area (Å²) in [6.45, 7) is 7.60. The first-order chi connectivity index (χ1) is 8.85. The number of ether oxygens (including phenoxy) is 3. The third kappa shape index (κ3) is 4.31. The molecule has 0 N–H and O–H groups in total. The number of esters is 1. The van der Waals surface area contributed by atoms with Gasteiger partial charge in [-0.3, -0.25) is 0 Å².